The maximum atomic E-state index is 4.50. The molecule has 2 N–H and O–H groups in total. The molecule has 0 aliphatic rings. The zero-order valence-electron chi connectivity index (χ0n) is 13.5. The third-order valence-electron chi connectivity index (χ3n) is 3.25. The van der Waals surface area contributed by atoms with E-state index in [1.54, 1.807) is 0 Å². The van der Waals surface area contributed by atoms with Crippen molar-refractivity contribution >= 4 is 5.96 Å². The first-order chi connectivity index (χ1) is 9.56. The SMILES string of the molecule is CCCCNC(=NC)NCC(C)Cn1nc(C)cc1C. The maximum absolute atomic E-state index is 4.50. The van der Waals surface area contributed by atoms with Gasteiger partial charge in [0.2, 0.25) is 0 Å². The number of unbranched alkanes of at least 4 members (excludes halogenated alkanes) is 1. The summed E-state index contributed by atoms with van der Waals surface area (Å²) in [5, 5.41) is 11.2. The smallest absolute Gasteiger partial charge is 0.190 e. The van der Waals surface area contributed by atoms with Crippen LogP contribution in [0.15, 0.2) is 11.1 Å². The van der Waals surface area contributed by atoms with Gasteiger partial charge in [-0.2, -0.15) is 5.10 Å². The summed E-state index contributed by atoms with van der Waals surface area (Å²) < 4.78 is 2.08. The highest BCUT2D eigenvalue weighted by Gasteiger charge is 2.08. The first kappa shape index (κ1) is 16.5. The summed E-state index contributed by atoms with van der Waals surface area (Å²) >= 11 is 0. The number of guanidine groups is 1. The Bertz CT molecular complexity index is 422. The van der Waals surface area contributed by atoms with E-state index in [0.717, 1.165) is 31.3 Å². The Morgan fingerprint density at radius 1 is 1.40 bits per heavy atom. The van der Waals surface area contributed by atoms with Crippen LogP contribution in [0.3, 0.4) is 0 Å². The molecule has 1 unspecified atom stereocenters. The minimum Gasteiger partial charge on any atom is -0.356 e. The second kappa shape index (κ2) is 8.61. The molecule has 5 nitrogen and oxygen atoms in total. The van der Waals surface area contributed by atoms with E-state index in [9.17, 15) is 0 Å². The Morgan fingerprint density at radius 2 is 2.15 bits per heavy atom. The molecule has 0 saturated carbocycles. The monoisotopic (exact) mass is 279 g/mol. The van der Waals surface area contributed by atoms with Gasteiger partial charge in [0.05, 0.1) is 5.69 Å². The Hall–Kier alpha value is -1.52. The summed E-state index contributed by atoms with van der Waals surface area (Å²) in [6, 6.07) is 2.12. The van der Waals surface area contributed by atoms with Crippen LogP contribution in [-0.2, 0) is 6.54 Å². The third-order valence-corrected chi connectivity index (χ3v) is 3.25. The van der Waals surface area contributed by atoms with Gasteiger partial charge in [0.1, 0.15) is 0 Å². The molecule has 0 aliphatic carbocycles. The van der Waals surface area contributed by atoms with Gasteiger partial charge in [-0.1, -0.05) is 20.3 Å². The molecule has 0 aromatic carbocycles. The molecule has 0 amide bonds. The van der Waals surface area contributed by atoms with Crippen LogP contribution in [0.1, 0.15) is 38.1 Å². The fourth-order valence-corrected chi connectivity index (χ4v) is 2.09. The Morgan fingerprint density at radius 3 is 2.70 bits per heavy atom. The standard InChI is InChI=1S/C15H29N5/c1-6-7-8-17-15(16-5)18-10-12(2)11-20-14(4)9-13(3)19-20/h9,12H,6-8,10-11H2,1-5H3,(H2,16,17,18). The number of aromatic nitrogens is 2. The van der Waals surface area contributed by atoms with Gasteiger partial charge in [-0.05, 0) is 32.3 Å². The minimum absolute atomic E-state index is 0.498. The highest BCUT2D eigenvalue weighted by atomic mass is 15.3. The number of hydrogen-bond acceptors (Lipinski definition) is 2. The summed E-state index contributed by atoms with van der Waals surface area (Å²) in [6.45, 7) is 11.3. The highest BCUT2D eigenvalue weighted by Crippen LogP contribution is 2.05. The first-order valence-corrected chi connectivity index (χ1v) is 7.52. The Labute approximate surface area is 122 Å². The molecule has 0 radical (unpaired) electrons. The van der Waals surface area contributed by atoms with E-state index in [2.05, 4.69) is 52.2 Å². The maximum Gasteiger partial charge on any atom is 0.190 e. The molecule has 1 atom stereocenters. The van der Waals surface area contributed by atoms with E-state index in [-0.39, 0.29) is 0 Å². The van der Waals surface area contributed by atoms with E-state index in [0.29, 0.717) is 5.92 Å². The lowest BCUT2D eigenvalue weighted by atomic mass is 10.2. The van der Waals surface area contributed by atoms with Crippen LogP contribution in [0.5, 0.6) is 0 Å². The van der Waals surface area contributed by atoms with Crippen molar-refractivity contribution in [1.82, 2.24) is 20.4 Å². The van der Waals surface area contributed by atoms with Gasteiger partial charge < -0.3 is 10.6 Å². The van der Waals surface area contributed by atoms with Gasteiger partial charge in [0, 0.05) is 32.4 Å². The second-order valence-electron chi connectivity index (χ2n) is 5.45. The fraction of sp³-hybridized carbons (Fsp3) is 0.733. The van der Waals surface area contributed by atoms with Crippen LogP contribution in [0.2, 0.25) is 0 Å². The molecule has 1 heterocycles. The molecule has 1 rings (SSSR count). The number of aryl methyl sites for hydroxylation is 2. The molecule has 1 aromatic rings. The molecule has 0 fully saturated rings. The predicted molar refractivity (Wildman–Crippen MR) is 85.1 cm³/mol. The van der Waals surface area contributed by atoms with Crippen molar-refractivity contribution < 1.29 is 0 Å². The molecule has 0 saturated heterocycles. The van der Waals surface area contributed by atoms with E-state index >= 15 is 0 Å². The third kappa shape index (κ3) is 5.63. The van der Waals surface area contributed by atoms with E-state index in [1.165, 1.54) is 18.5 Å². The van der Waals surface area contributed by atoms with Crippen molar-refractivity contribution in [3.8, 4) is 0 Å². The summed E-state index contributed by atoms with van der Waals surface area (Å²) in [7, 11) is 1.81. The van der Waals surface area contributed by atoms with Crippen molar-refractivity contribution in [2.24, 2.45) is 10.9 Å². The summed E-state index contributed by atoms with van der Waals surface area (Å²) in [5.74, 6) is 1.39. The van der Waals surface area contributed by atoms with Crippen LogP contribution in [-0.4, -0.2) is 35.9 Å². The molecule has 0 aliphatic heterocycles. The van der Waals surface area contributed by atoms with Crippen molar-refractivity contribution in [3.63, 3.8) is 0 Å². The normalized spacial score (nSPS) is 13.3. The number of rotatable bonds is 7. The summed E-state index contributed by atoms with van der Waals surface area (Å²) in [6.07, 6.45) is 2.36. The van der Waals surface area contributed by atoms with E-state index in [4.69, 9.17) is 0 Å². The average molecular weight is 279 g/mol. The zero-order valence-corrected chi connectivity index (χ0v) is 13.5. The van der Waals surface area contributed by atoms with Crippen LogP contribution >= 0.6 is 0 Å². The van der Waals surface area contributed by atoms with Gasteiger partial charge in [0.25, 0.3) is 0 Å². The van der Waals surface area contributed by atoms with E-state index in [1.807, 2.05) is 14.0 Å². The van der Waals surface area contributed by atoms with Gasteiger partial charge in [-0.3, -0.25) is 9.67 Å². The molecular weight excluding hydrogens is 250 g/mol. The highest BCUT2D eigenvalue weighted by molar-refractivity contribution is 5.79. The van der Waals surface area contributed by atoms with E-state index < -0.39 is 0 Å². The number of nitrogens with one attached hydrogen (secondary N) is 2. The average Bonchev–Trinajstić information content (AvgIpc) is 2.72. The van der Waals surface area contributed by atoms with Gasteiger partial charge >= 0.3 is 0 Å². The molecule has 5 heteroatoms. The Balaban J connectivity index is 2.34. The molecule has 20 heavy (non-hydrogen) atoms. The second-order valence-corrected chi connectivity index (χ2v) is 5.45. The van der Waals surface area contributed by atoms with Gasteiger partial charge in [-0.15, -0.1) is 0 Å². The fourth-order valence-electron chi connectivity index (χ4n) is 2.09. The molecule has 114 valence electrons. The predicted octanol–water partition coefficient (Wildman–Crippen LogP) is 2.10. The zero-order chi connectivity index (χ0) is 15.0. The number of nitrogens with zero attached hydrogens (tertiary/aromatic N) is 3. The largest absolute Gasteiger partial charge is 0.356 e. The molecule has 0 bridgehead atoms. The van der Waals surface area contributed by atoms with Gasteiger partial charge in [0.15, 0.2) is 5.96 Å². The van der Waals surface area contributed by atoms with Crippen LogP contribution < -0.4 is 10.6 Å². The van der Waals surface area contributed by atoms with Crippen molar-refractivity contribution in [3.05, 3.63) is 17.5 Å². The number of aliphatic imine (C=N–C) groups is 1. The summed E-state index contributed by atoms with van der Waals surface area (Å²) in [5.41, 5.74) is 2.31. The first-order valence-electron chi connectivity index (χ1n) is 7.52. The topological polar surface area (TPSA) is 54.2 Å². The lowest BCUT2D eigenvalue weighted by Crippen LogP contribution is -2.40. The van der Waals surface area contributed by atoms with Crippen molar-refractivity contribution in [1.29, 1.82) is 0 Å². The quantitative estimate of drug-likeness (QED) is 0.456. The van der Waals surface area contributed by atoms with Crippen molar-refractivity contribution in [2.45, 2.75) is 47.1 Å². The molecular formula is C15H29N5. The number of hydrogen-bond donors (Lipinski definition) is 2. The summed E-state index contributed by atoms with van der Waals surface area (Å²) in [4.78, 5) is 4.23. The Kier molecular flexibility index (Phi) is 7.12. The molecule has 0 spiro atoms. The minimum atomic E-state index is 0.498. The lowest BCUT2D eigenvalue weighted by Gasteiger charge is -2.16. The molecule has 1 aromatic heterocycles. The lowest BCUT2D eigenvalue weighted by molar-refractivity contribution is 0.436. The van der Waals surface area contributed by atoms with Crippen LogP contribution in [0.25, 0.3) is 0 Å². The van der Waals surface area contributed by atoms with Crippen LogP contribution in [0.4, 0.5) is 0 Å². The van der Waals surface area contributed by atoms with Crippen LogP contribution in [0, 0.1) is 19.8 Å². The van der Waals surface area contributed by atoms with Gasteiger partial charge in [-0.25, -0.2) is 0 Å². The van der Waals surface area contributed by atoms with Crippen molar-refractivity contribution in [2.75, 3.05) is 20.1 Å².